The number of halogens is 1. The highest BCUT2D eigenvalue weighted by Gasteiger charge is 2.31. The first kappa shape index (κ1) is 19.7. The van der Waals surface area contributed by atoms with Crippen molar-refractivity contribution >= 4 is 48.6 Å². The summed E-state index contributed by atoms with van der Waals surface area (Å²) in [6.07, 6.45) is 0. The Morgan fingerprint density at radius 2 is 1.83 bits per heavy atom. The Balaban J connectivity index is 1.59. The van der Waals surface area contributed by atoms with Gasteiger partial charge >= 0.3 is 0 Å². The molecule has 1 atom stereocenters. The van der Waals surface area contributed by atoms with Crippen LogP contribution in [0.15, 0.2) is 70.9 Å². The second-order valence-corrected chi connectivity index (χ2v) is 10.3. The van der Waals surface area contributed by atoms with Crippen LogP contribution in [0, 0.1) is 5.82 Å². The van der Waals surface area contributed by atoms with Gasteiger partial charge in [-0.05, 0) is 47.8 Å². The molecule has 0 fully saturated rings. The molecule has 0 saturated carbocycles. The molecule has 0 aliphatic rings. The number of rotatable bonds is 6. The Morgan fingerprint density at radius 1 is 1.07 bits per heavy atom. The number of carbonyl (C=O) groups excluding carboxylic acids is 1. The third-order valence-corrected chi connectivity index (χ3v) is 8.58. The SMILES string of the molecule is O=C(NC[C@@H](c1cccs1)S(=O)(=O)c1ccc(F)cc1)c1nc2ccccc2s1. The number of hydrogen-bond donors (Lipinski definition) is 1. The average Bonchev–Trinajstić information content (AvgIpc) is 3.38. The number of sulfone groups is 1. The molecule has 9 heteroatoms. The molecule has 148 valence electrons. The minimum Gasteiger partial charge on any atom is -0.348 e. The first-order valence-corrected chi connectivity index (χ1v) is 11.9. The number of carbonyl (C=O) groups is 1. The van der Waals surface area contributed by atoms with E-state index in [0.717, 1.165) is 22.3 Å². The summed E-state index contributed by atoms with van der Waals surface area (Å²) in [4.78, 5) is 17.5. The summed E-state index contributed by atoms with van der Waals surface area (Å²) in [5.41, 5.74) is 0.719. The molecule has 0 spiro atoms. The standard InChI is InChI=1S/C20H15FN2O3S3/c21-13-7-9-14(10-8-13)29(25,26)18(17-6-3-11-27-17)12-22-19(24)20-23-15-4-1-2-5-16(15)28-20/h1-11,18H,12H2,(H,22,24)/t18-/m0/s1. The van der Waals surface area contributed by atoms with Crippen molar-refractivity contribution in [2.45, 2.75) is 10.1 Å². The summed E-state index contributed by atoms with van der Waals surface area (Å²) >= 11 is 2.54. The van der Waals surface area contributed by atoms with Crippen LogP contribution in [0.4, 0.5) is 4.39 Å². The van der Waals surface area contributed by atoms with Gasteiger partial charge in [0.15, 0.2) is 14.8 Å². The van der Waals surface area contributed by atoms with Crippen LogP contribution in [-0.2, 0) is 9.84 Å². The van der Waals surface area contributed by atoms with Crippen LogP contribution in [0.5, 0.6) is 0 Å². The molecule has 0 aliphatic heterocycles. The molecule has 2 heterocycles. The number of para-hydroxylation sites is 1. The van der Waals surface area contributed by atoms with E-state index in [0.29, 0.717) is 4.88 Å². The van der Waals surface area contributed by atoms with E-state index in [1.165, 1.54) is 34.8 Å². The first-order chi connectivity index (χ1) is 13.9. The molecule has 29 heavy (non-hydrogen) atoms. The molecule has 5 nitrogen and oxygen atoms in total. The zero-order valence-corrected chi connectivity index (χ0v) is 17.4. The van der Waals surface area contributed by atoms with Gasteiger partial charge in [-0.25, -0.2) is 17.8 Å². The normalized spacial score (nSPS) is 12.7. The van der Waals surface area contributed by atoms with Crippen LogP contribution in [0.25, 0.3) is 10.2 Å². The number of fused-ring (bicyclic) bond motifs is 1. The molecule has 4 rings (SSSR count). The molecule has 2 aromatic carbocycles. The van der Waals surface area contributed by atoms with Crippen LogP contribution in [-0.4, -0.2) is 25.9 Å². The van der Waals surface area contributed by atoms with Crippen molar-refractivity contribution in [3.8, 4) is 0 Å². The highest BCUT2D eigenvalue weighted by Crippen LogP contribution is 2.31. The lowest BCUT2D eigenvalue weighted by Crippen LogP contribution is -2.31. The number of benzene rings is 2. The summed E-state index contributed by atoms with van der Waals surface area (Å²) in [5.74, 6) is -0.942. The molecule has 0 bridgehead atoms. The Kier molecular flexibility index (Phi) is 5.44. The molecule has 4 aromatic rings. The van der Waals surface area contributed by atoms with E-state index in [4.69, 9.17) is 0 Å². The van der Waals surface area contributed by atoms with Crippen LogP contribution in [0.2, 0.25) is 0 Å². The van der Waals surface area contributed by atoms with Gasteiger partial charge in [-0.2, -0.15) is 0 Å². The summed E-state index contributed by atoms with van der Waals surface area (Å²) in [6.45, 7) is -0.116. The maximum atomic E-state index is 13.2. The van der Waals surface area contributed by atoms with Gasteiger partial charge in [0, 0.05) is 11.4 Å². The Labute approximate surface area is 174 Å². The van der Waals surface area contributed by atoms with Crippen molar-refractivity contribution in [2.24, 2.45) is 0 Å². The van der Waals surface area contributed by atoms with E-state index in [9.17, 15) is 17.6 Å². The van der Waals surface area contributed by atoms with E-state index in [2.05, 4.69) is 10.3 Å². The number of hydrogen-bond acceptors (Lipinski definition) is 6. The van der Waals surface area contributed by atoms with E-state index < -0.39 is 26.8 Å². The van der Waals surface area contributed by atoms with Crippen molar-refractivity contribution in [1.82, 2.24) is 10.3 Å². The maximum absolute atomic E-state index is 13.2. The van der Waals surface area contributed by atoms with Gasteiger partial charge in [0.25, 0.3) is 5.91 Å². The first-order valence-electron chi connectivity index (χ1n) is 8.62. The second-order valence-electron chi connectivity index (χ2n) is 6.20. The molecule has 2 aromatic heterocycles. The molecule has 1 N–H and O–H groups in total. The van der Waals surface area contributed by atoms with Gasteiger partial charge < -0.3 is 5.32 Å². The lowest BCUT2D eigenvalue weighted by atomic mass is 10.3. The second kappa shape index (κ2) is 8.02. The fourth-order valence-electron chi connectivity index (χ4n) is 2.86. The quantitative estimate of drug-likeness (QED) is 0.444. The van der Waals surface area contributed by atoms with Crippen molar-refractivity contribution in [2.75, 3.05) is 6.54 Å². The third-order valence-electron chi connectivity index (χ3n) is 4.31. The third kappa shape index (κ3) is 4.07. The molecular weight excluding hydrogens is 431 g/mol. The van der Waals surface area contributed by atoms with Crippen LogP contribution >= 0.6 is 22.7 Å². The van der Waals surface area contributed by atoms with Gasteiger partial charge in [0.05, 0.1) is 15.1 Å². The minimum atomic E-state index is -3.83. The molecule has 0 aliphatic carbocycles. The smallest absolute Gasteiger partial charge is 0.280 e. The summed E-state index contributed by atoms with van der Waals surface area (Å²) in [5, 5.41) is 3.77. The van der Waals surface area contributed by atoms with Crippen molar-refractivity contribution in [1.29, 1.82) is 0 Å². The fraction of sp³-hybridized carbons (Fsp3) is 0.100. The maximum Gasteiger partial charge on any atom is 0.280 e. The van der Waals surface area contributed by atoms with Crippen molar-refractivity contribution in [3.05, 3.63) is 81.7 Å². The van der Waals surface area contributed by atoms with E-state index in [-0.39, 0.29) is 16.4 Å². The van der Waals surface area contributed by atoms with Crippen LogP contribution < -0.4 is 5.32 Å². The van der Waals surface area contributed by atoms with Gasteiger partial charge in [-0.1, -0.05) is 18.2 Å². The fourth-order valence-corrected chi connectivity index (χ4v) is 6.52. The largest absolute Gasteiger partial charge is 0.348 e. The number of amides is 1. The Morgan fingerprint density at radius 3 is 2.52 bits per heavy atom. The van der Waals surface area contributed by atoms with Crippen molar-refractivity contribution < 1.29 is 17.6 Å². The van der Waals surface area contributed by atoms with Gasteiger partial charge in [0.2, 0.25) is 0 Å². The monoisotopic (exact) mass is 446 g/mol. The zero-order valence-electron chi connectivity index (χ0n) is 14.9. The lowest BCUT2D eigenvalue weighted by Gasteiger charge is -2.17. The molecule has 1 amide bonds. The molecular formula is C20H15FN2O3S3. The number of thiophene rings is 1. The highest BCUT2D eigenvalue weighted by molar-refractivity contribution is 7.91. The van der Waals surface area contributed by atoms with Crippen LogP contribution in [0.1, 0.15) is 19.9 Å². The van der Waals surface area contributed by atoms with Crippen molar-refractivity contribution in [3.63, 3.8) is 0 Å². The zero-order chi connectivity index (χ0) is 20.4. The summed E-state index contributed by atoms with van der Waals surface area (Å²) < 4.78 is 40.4. The molecule has 0 saturated heterocycles. The predicted octanol–water partition coefficient (Wildman–Crippen LogP) is 4.44. The van der Waals surface area contributed by atoms with Gasteiger partial charge in [-0.3, -0.25) is 4.79 Å². The Hall–Kier alpha value is -2.62. The number of thiazole rings is 1. The highest BCUT2D eigenvalue weighted by atomic mass is 32.2. The lowest BCUT2D eigenvalue weighted by molar-refractivity contribution is 0.0953. The number of nitrogens with zero attached hydrogens (tertiary/aromatic N) is 1. The minimum absolute atomic E-state index is 0.00605. The van der Waals surface area contributed by atoms with E-state index in [1.54, 1.807) is 17.5 Å². The van der Waals surface area contributed by atoms with Gasteiger partial charge in [-0.15, -0.1) is 22.7 Å². The predicted molar refractivity (Wildman–Crippen MR) is 113 cm³/mol. The summed E-state index contributed by atoms with van der Waals surface area (Å²) in [7, 11) is -3.83. The molecule has 0 unspecified atom stereocenters. The Bertz CT molecular complexity index is 1220. The van der Waals surface area contributed by atoms with Crippen LogP contribution in [0.3, 0.4) is 0 Å². The van der Waals surface area contributed by atoms with Gasteiger partial charge in [0.1, 0.15) is 11.1 Å². The summed E-state index contributed by atoms with van der Waals surface area (Å²) in [6, 6.07) is 15.5. The number of nitrogens with one attached hydrogen (secondary N) is 1. The number of aromatic nitrogens is 1. The molecule has 0 radical (unpaired) electrons. The van der Waals surface area contributed by atoms with E-state index >= 15 is 0 Å². The topological polar surface area (TPSA) is 76.1 Å². The van der Waals surface area contributed by atoms with E-state index in [1.807, 2.05) is 24.3 Å². The average molecular weight is 447 g/mol.